The number of nitriles is 1. The minimum atomic E-state index is -0.520. The third-order valence-corrected chi connectivity index (χ3v) is 3.81. The van der Waals surface area contributed by atoms with E-state index in [1.165, 1.54) is 6.20 Å². The van der Waals surface area contributed by atoms with Gasteiger partial charge in [0.2, 0.25) is 0 Å². The number of halogens is 2. The van der Waals surface area contributed by atoms with Gasteiger partial charge in [0.25, 0.3) is 5.91 Å². The van der Waals surface area contributed by atoms with Gasteiger partial charge in [-0.25, -0.2) is 0 Å². The lowest BCUT2D eigenvalue weighted by Gasteiger charge is -2.10. The Hall–Kier alpha value is -2.48. The second kappa shape index (κ2) is 7.87. The summed E-state index contributed by atoms with van der Waals surface area (Å²) < 4.78 is 0. The zero-order valence-electron chi connectivity index (χ0n) is 13.2. The SMILES string of the molecule is Cc1cc(C)c(N/C=C(/C#N)C(=O)Nc2ccc(Cl)cc2)c(Cl)c1. The molecule has 0 heterocycles. The normalized spacial score (nSPS) is 10.9. The van der Waals surface area contributed by atoms with Gasteiger partial charge in [-0.2, -0.15) is 5.26 Å². The molecule has 2 N–H and O–H groups in total. The number of benzene rings is 2. The van der Waals surface area contributed by atoms with Crippen LogP contribution in [0.3, 0.4) is 0 Å². The lowest BCUT2D eigenvalue weighted by atomic mass is 10.1. The number of nitrogens with zero attached hydrogens (tertiary/aromatic N) is 1. The molecule has 4 nitrogen and oxygen atoms in total. The molecule has 0 atom stereocenters. The lowest BCUT2D eigenvalue weighted by molar-refractivity contribution is -0.112. The molecule has 0 saturated heterocycles. The minimum absolute atomic E-state index is 0.0685. The van der Waals surface area contributed by atoms with E-state index in [-0.39, 0.29) is 5.57 Å². The van der Waals surface area contributed by atoms with Crippen LogP contribution in [0.2, 0.25) is 10.0 Å². The van der Waals surface area contributed by atoms with Gasteiger partial charge in [-0.15, -0.1) is 0 Å². The number of anilines is 2. The molecule has 24 heavy (non-hydrogen) atoms. The van der Waals surface area contributed by atoms with Crippen molar-refractivity contribution in [2.45, 2.75) is 13.8 Å². The highest BCUT2D eigenvalue weighted by molar-refractivity contribution is 6.33. The van der Waals surface area contributed by atoms with Crippen molar-refractivity contribution in [3.63, 3.8) is 0 Å². The number of amides is 1. The maximum Gasteiger partial charge on any atom is 0.267 e. The van der Waals surface area contributed by atoms with Crippen LogP contribution in [0.25, 0.3) is 0 Å². The minimum Gasteiger partial charge on any atom is -0.359 e. The van der Waals surface area contributed by atoms with Crippen molar-refractivity contribution in [1.29, 1.82) is 5.26 Å². The van der Waals surface area contributed by atoms with E-state index in [0.29, 0.717) is 21.4 Å². The van der Waals surface area contributed by atoms with E-state index in [9.17, 15) is 10.1 Å². The third-order valence-electron chi connectivity index (χ3n) is 3.26. The topological polar surface area (TPSA) is 64.9 Å². The number of carbonyl (C=O) groups excluding carboxylic acids is 1. The quantitative estimate of drug-likeness (QED) is 0.591. The fourth-order valence-electron chi connectivity index (χ4n) is 2.12. The van der Waals surface area contributed by atoms with Crippen molar-refractivity contribution in [2.24, 2.45) is 0 Å². The van der Waals surface area contributed by atoms with Crippen LogP contribution in [0.1, 0.15) is 11.1 Å². The van der Waals surface area contributed by atoms with Crippen LogP contribution in [0.4, 0.5) is 11.4 Å². The van der Waals surface area contributed by atoms with Gasteiger partial charge in [0.05, 0.1) is 10.7 Å². The summed E-state index contributed by atoms with van der Waals surface area (Å²) in [7, 11) is 0. The highest BCUT2D eigenvalue weighted by Gasteiger charge is 2.10. The van der Waals surface area contributed by atoms with Gasteiger partial charge in [0.15, 0.2) is 0 Å². The van der Waals surface area contributed by atoms with E-state index in [2.05, 4.69) is 10.6 Å². The molecule has 0 aliphatic rings. The van der Waals surface area contributed by atoms with Gasteiger partial charge < -0.3 is 10.6 Å². The fourth-order valence-corrected chi connectivity index (χ4v) is 2.62. The molecule has 0 unspecified atom stereocenters. The van der Waals surface area contributed by atoms with Crippen molar-refractivity contribution in [3.05, 3.63) is 69.3 Å². The maximum atomic E-state index is 12.2. The summed E-state index contributed by atoms with van der Waals surface area (Å²) in [5, 5.41) is 15.9. The highest BCUT2D eigenvalue weighted by atomic mass is 35.5. The number of hydrogen-bond donors (Lipinski definition) is 2. The van der Waals surface area contributed by atoms with Crippen molar-refractivity contribution in [1.82, 2.24) is 0 Å². The Morgan fingerprint density at radius 3 is 2.42 bits per heavy atom. The first-order valence-electron chi connectivity index (χ1n) is 7.11. The van der Waals surface area contributed by atoms with Crippen LogP contribution in [0, 0.1) is 25.2 Å². The Labute approximate surface area is 150 Å². The first kappa shape index (κ1) is 17.9. The van der Waals surface area contributed by atoms with E-state index in [4.69, 9.17) is 23.2 Å². The molecule has 0 aliphatic heterocycles. The van der Waals surface area contributed by atoms with Gasteiger partial charge in [-0.05, 0) is 55.3 Å². The molecular formula is C18H15Cl2N3O. The molecule has 2 aromatic carbocycles. The van der Waals surface area contributed by atoms with E-state index in [0.717, 1.165) is 11.1 Å². The number of hydrogen-bond acceptors (Lipinski definition) is 3. The Morgan fingerprint density at radius 2 is 1.83 bits per heavy atom. The molecule has 6 heteroatoms. The fraction of sp³-hybridized carbons (Fsp3) is 0.111. The van der Waals surface area contributed by atoms with Gasteiger partial charge in [0.1, 0.15) is 11.6 Å². The summed E-state index contributed by atoms with van der Waals surface area (Å²) in [6, 6.07) is 12.3. The van der Waals surface area contributed by atoms with E-state index < -0.39 is 5.91 Å². The van der Waals surface area contributed by atoms with Crippen molar-refractivity contribution >= 4 is 40.5 Å². The highest BCUT2D eigenvalue weighted by Crippen LogP contribution is 2.27. The monoisotopic (exact) mass is 359 g/mol. The van der Waals surface area contributed by atoms with Gasteiger partial charge >= 0.3 is 0 Å². The number of aryl methyl sites for hydroxylation is 2. The molecule has 0 saturated carbocycles. The average molecular weight is 360 g/mol. The summed E-state index contributed by atoms with van der Waals surface area (Å²) in [5.74, 6) is -0.520. The predicted octanol–water partition coefficient (Wildman–Crippen LogP) is 5.07. The van der Waals surface area contributed by atoms with Crippen molar-refractivity contribution < 1.29 is 4.79 Å². The van der Waals surface area contributed by atoms with Crippen molar-refractivity contribution in [2.75, 3.05) is 10.6 Å². The summed E-state index contributed by atoms with van der Waals surface area (Å²) in [6.45, 7) is 3.84. The van der Waals surface area contributed by atoms with E-state index >= 15 is 0 Å². The number of rotatable bonds is 4. The first-order chi connectivity index (χ1) is 11.4. The second-order valence-corrected chi connectivity index (χ2v) is 6.06. The summed E-state index contributed by atoms with van der Waals surface area (Å²) in [6.07, 6.45) is 1.34. The zero-order valence-corrected chi connectivity index (χ0v) is 14.7. The molecule has 0 fully saturated rings. The van der Waals surface area contributed by atoms with Gasteiger partial charge in [-0.1, -0.05) is 29.3 Å². The summed E-state index contributed by atoms with van der Waals surface area (Å²) >= 11 is 12.0. The molecule has 0 bridgehead atoms. The number of carbonyl (C=O) groups is 1. The molecule has 1 amide bonds. The Bertz CT molecular complexity index is 813. The molecule has 0 radical (unpaired) electrons. The zero-order chi connectivity index (χ0) is 17.7. The third kappa shape index (κ3) is 4.51. The molecule has 2 aromatic rings. The summed E-state index contributed by atoms with van der Waals surface area (Å²) in [5.41, 5.74) is 3.10. The van der Waals surface area contributed by atoms with Crippen LogP contribution in [0.5, 0.6) is 0 Å². The molecular weight excluding hydrogens is 345 g/mol. The van der Waals surface area contributed by atoms with Crippen molar-refractivity contribution in [3.8, 4) is 6.07 Å². The molecule has 2 rings (SSSR count). The molecule has 0 spiro atoms. The van der Waals surface area contributed by atoms with Crippen LogP contribution in [-0.2, 0) is 4.79 Å². The smallest absolute Gasteiger partial charge is 0.267 e. The van der Waals surface area contributed by atoms with E-state index in [1.807, 2.05) is 32.0 Å². The van der Waals surface area contributed by atoms with E-state index in [1.54, 1.807) is 24.3 Å². The molecule has 0 aromatic heterocycles. The van der Waals surface area contributed by atoms with Crippen LogP contribution in [-0.4, -0.2) is 5.91 Å². The number of nitrogens with one attached hydrogen (secondary N) is 2. The molecule has 0 aliphatic carbocycles. The Kier molecular flexibility index (Phi) is 5.86. The van der Waals surface area contributed by atoms with Crippen LogP contribution in [0.15, 0.2) is 48.2 Å². The van der Waals surface area contributed by atoms with Gasteiger partial charge in [-0.3, -0.25) is 4.79 Å². The Morgan fingerprint density at radius 1 is 1.17 bits per heavy atom. The van der Waals surface area contributed by atoms with Gasteiger partial charge in [0, 0.05) is 16.9 Å². The molecule has 122 valence electrons. The maximum absolute atomic E-state index is 12.2. The van der Waals surface area contributed by atoms with Crippen LogP contribution < -0.4 is 10.6 Å². The first-order valence-corrected chi connectivity index (χ1v) is 7.87. The standard InChI is InChI=1S/C18H15Cl2N3O/c1-11-7-12(2)17(16(20)8-11)22-10-13(9-21)18(24)23-15-5-3-14(19)4-6-15/h3-8,10,22H,1-2H3,(H,23,24)/b13-10-. The average Bonchev–Trinajstić information content (AvgIpc) is 2.52. The Balaban J connectivity index is 2.16. The predicted molar refractivity (Wildman–Crippen MR) is 98.3 cm³/mol. The summed E-state index contributed by atoms with van der Waals surface area (Å²) in [4.78, 5) is 12.2. The second-order valence-electron chi connectivity index (χ2n) is 5.21. The largest absolute Gasteiger partial charge is 0.359 e. The van der Waals surface area contributed by atoms with Crippen LogP contribution >= 0.6 is 23.2 Å². The lowest BCUT2D eigenvalue weighted by Crippen LogP contribution is -2.14.